The number of carbonyl (C=O) groups is 2. The van der Waals surface area contributed by atoms with Crippen molar-refractivity contribution in [2.75, 3.05) is 38.5 Å². The van der Waals surface area contributed by atoms with Crippen LogP contribution in [0.3, 0.4) is 0 Å². The summed E-state index contributed by atoms with van der Waals surface area (Å²) in [4.78, 5) is 28.5. The second kappa shape index (κ2) is 10.4. The van der Waals surface area contributed by atoms with Crippen LogP contribution in [-0.4, -0.2) is 54.8 Å². The maximum Gasteiger partial charge on any atom is 0.238 e. The molecule has 1 aliphatic heterocycles. The number of nitrogens with one attached hydrogen (secondary N) is 1. The lowest BCUT2D eigenvalue weighted by molar-refractivity contribution is -0.133. The van der Waals surface area contributed by atoms with E-state index in [0.717, 1.165) is 32.4 Å². The Morgan fingerprint density at radius 2 is 1.69 bits per heavy atom. The van der Waals surface area contributed by atoms with Gasteiger partial charge in [0.2, 0.25) is 11.8 Å². The number of para-hydroxylation sites is 1. The van der Waals surface area contributed by atoms with E-state index in [2.05, 4.69) is 29.6 Å². The molecule has 0 saturated carbocycles. The Bertz CT molecular complexity index is 820. The molecule has 1 N–H and O–H groups in total. The van der Waals surface area contributed by atoms with Gasteiger partial charge in [-0.3, -0.25) is 14.5 Å². The van der Waals surface area contributed by atoms with Gasteiger partial charge < -0.3 is 10.2 Å². The lowest BCUT2D eigenvalue weighted by atomic mass is 9.90. The molecule has 2 aromatic rings. The van der Waals surface area contributed by atoms with Crippen molar-refractivity contribution in [2.24, 2.45) is 5.92 Å². The lowest BCUT2D eigenvalue weighted by Gasteiger charge is -2.33. The van der Waals surface area contributed by atoms with Gasteiger partial charge in [-0.15, -0.1) is 0 Å². The first-order valence-electron chi connectivity index (χ1n) is 10.1. The van der Waals surface area contributed by atoms with Crippen molar-refractivity contribution in [2.45, 2.75) is 19.3 Å². The molecule has 1 aliphatic rings. The van der Waals surface area contributed by atoms with E-state index in [1.807, 2.05) is 23.1 Å². The highest BCUT2D eigenvalue weighted by molar-refractivity contribution is 6.33. The van der Waals surface area contributed by atoms with Crippen molar-refractivity contribution in [1.29, 1.82) is 0 Å². The summed E-state index contributed by atoms with van der Waals surface area (Å²) in [5, 5.41) is 3.28. The monoisotopic (exact) mass is 413 g/mol. The molecule has 2 amide bonds. The molecule has 0 spiro atoms. The van der Waals surface area contributed by atoms with Crippen LogP contribution in [-0.2, 0) is 16.0 Å². The van der Waals surface area contributed by atoms with Crippen molar-refractivity contribution >= 4 is 29.1 Å². The Labute approximate surface area is 177 Å². The van der Waals surface area contributed by atoms with Crippen LogP contribution in [0.2, 0.25) is 5.02 Å². The summed E-state index contributed by atoms with van der Waals surface area (Å²) in [5.74, 6) is 0.520. The van der Waals surface area contributed by atoms with Crippen LogP contribution in [0.4, 0.5) is 5.69 Å². The van der Waals surface area contributed by atoms with Crippen molar-refractivity contribution in [3.8, 4) is 0 Å². The van der Waals surface area contributed by atoms with Gasteiger partial charge in [0.15, 0.2) is 0 Å². The summed E-state index contributed by atoms with van der Waals surface area (Å²) in [6, 6.07) is 17.6. The number of halogens is 1. The quantitative estimate of drug-likeness (QED) is 0.753. The number of amides is 2. The third-order valence-electron chi connectivity index (χ3n) is 5.30. The molecule has 0 aliphatic carbocycles. The van der Waals surface area contributed by atoms with Crippen LogP contribution in [0.25, 0.3) is 0 Å². The minimum atomic E-state index is -0.185. The summed E-state index contributed by atoms with van der Waals surface area (Å²) in [5.41, 5.74) is 1.95. The van der Waals surface area contributed by atoms with E-state index in [4.69, 9.17) is 11.6 Å². The van der Waals surface area contributed by atoms with Crippen LogP contribution in [0.1, 0.15) is 18.4 Å². The summed E-state index contributed by atoms with van der Waals surface area (Å²) < 4.78 is 0. The SMILES string of the molecule is CN(CC(=O)Nc1ccccc1Cl)CC(=O)N1CCC(Cc2ccccc2)CC1. The summed E-state index contributed by atoms with van der Waals surface area (Å²) in [6.45, 7) is 1.95. The van der Waals surface area contributed by atoms with Crippen LogP contribution in [0.15, 0.2) is 54.6 Å². The molecule has 1 saturated heterocycles. The Hall–Kier alpha value is -2.37. The molecular weight excluding hydrogens is 386 g/mol. The van der Waals surface area contributed by atoms with Crippen LogP contribution < -0.4 is 5.32 Å². The largest absolute Gasteiger partial charge is 0.342 e. The fraction of sp³-hybridized carbons (Fsp3) is 0.391. The van der Waals surface area contributed by atoms with Gasteiger partial charge in [-0.2, -0.15) is 0 Å². The van der Waals surface area contributed by atoms with Gasteiger partial charge >= 0.3 is 0 Å². The highest BCUT2D eigenvalue weighted by Gasteiger charge is 2.24. The number of likely N-dealkylation sites (N-methyl/N-ethyl adjacent to an activating group) is 1. The van der Waals surface area contributed by atoms with Gasteiger partial charge in [0.05, 0.1) is 23.8 Å². The molecule has 0 bridgehead atoms. The second-order valence-electron chi connectivity index (χ2n) is 7.71. The Morgan fingerprint density at radius 3 is 2.38 bits per heavy atom. The van der Waals surface area contributed by atoms with Gasteiger partial charge in [0.25, 0.3) is 0 Å². The standard InChI is InChI=1S/C23H28ClN3O2/c1-26(16-22(28)25-21-10-6-5-9-20(21)24)17-23(29)27-13-11-19(12-14-27)15-18-7-3-2-4-8-18/h2-10,19H,11-17H2,1H3,(H,25,28). The normalized spacial score (nSPS) is 14.8. The predicted molar refractivity (Wildman–Crippen MR) is 117 cm³/mol. The molecule has 29 heavy (non-hydrogen) atoms. The number of benzene rings is 2. The average molecular weight is 414 g/mol. The zero-order chi connectivity index (χ0) is 20.6. The molecule has 3 rings (SSSR count). The Kier molecular flexibility index (Phi) is 7.67. The first kappa shape index (κ1) is 21.3. The highest BCUT2D eigenvalue weighted by Crippen LogP contribution is 2.22. The number of likely N-dealkylation sites (tertiary alicyclic amines) is 1. The fourth-order valence-electron chi connectivity index (χ4n) is 3.72. The molecule has 1 heterocycles. The van der Waals surface area contributed by atoms with E-state index in [-0.39, 0.29) is 24.9 Å². The predicted octanol–water partition coefficient (Wildman–Crippen LogP) is 3.69. The van der Waals surface area contributed by atoms with E-state index in [1.54, 1.807) is 24.1 Å². The van der Waals surface area contributed by atoms with Gasteiger partial charge in [0, 0.05) is 13.1 Å². The van der Waals surface area contributed by atoms with Gasteiger partial charge in [-0.1, -0.05) is 54.1 Å². The molecular formula is C23H28ClN3O2. The minimum absolute atomic E-state index is 0.0798. The Balaban J connectivity index is 1.40. The van der Waals surface area contributed by atoms with E-state index in [0.29, 0.717) is 16.6 Å². The van der Waals surface area contributed by atoms with Crippen LogP contribution >= 0.6 is 11.6 Å². The summed E-state index contributed by atoms with van der Waals surface area (Å²) in [7, 11) is 1.78. The minimum Gasteiger partial charge on any atom is -0.342 e. The van der Waals surface area contributed by atoms with Crippen molar-refractivity contribution in [1.82, 2.24) is 9.80 Å². The molecule has 1 fully saturated rings. The number of hydrogen-bond donors (Lipinski definition) is 1. The second-order valence-corrected chi connectivity index (χ2v) is 8.12. The summed E-state index contributed by atoms with van der Waals surface area (Å²) >= 11 is 6.06. The first-order valence-corrected chi connectivity index (χ1v) is 10.4. The maximum atomic E-state index is 12.6. The zero-order valence-electron chi connectivity index (χ0n) is 16.8. The third kappa shape index (κ3) is 6.58. The fourth-order valence-corrected chi connectivity index (χ4v) is 3.90. The molecule has 0 atom stereocenters. The van der Waals surface area contributed by atoms with E-state index in [1.165, 1.54) is 5.56 Å². The average Bonchev–Trinajstić information content (AvgIpc) is 2.71. The first-order chi connectivity index (χ1) is 14.0. The molecule has 5 nitrogen and oxygen atoms in total. The van der Waals surface area contributed by atoms with Gasteiger partial charge in [0.1, 0.15) is 0 Å². The third-order valence-corrected chi connectivity index (χ3v) is 5.63. The number of piperidine rings is 1. The van der Waals surface area contributed by atoms with Crippen molar-refractivity contribution in [3.05, 3.63) is 65.2 Å². The van der Waals surface area contributed by atoms with E-state index in [9.17, 15) is 9.59 Å². The highest BCUT2D eigenvalue weighted by atomic mass is 35.5. The Morgan fingerprint density at radius 1 is 1.03 bits per heavy atom. The van der Waals surface area contributed by atoms with Crippen LogP contribution in [0, 0.1) is 5.92 Å². The topological polar surface area (TPSA) is 52.7 Å². The smallest absolute Gasteiger partial charge is 0.238 e. The number of rotatable bonds is 7. The number of nitrogens with zero attached hydrogens (tertiary/aromatic N) is 2. The maximum absolute atomic E-state index is 12.6. The van der Waals surface area contributed by atoms with E-state index >= 15 is 0 Å². The molecule has 2 aromatic carbocycles. The van der Waals surface area contributed by atoms with Crippen LogP contribution in [0.5, 0.6) is 0 Å². The van der Waals surface area contributed by atoms with E-state index < -0.39 is 0 Å². The molecule has 0 unspecified atom stereocenters. The molecule has 154 valence electrons. The lowest BCUT2D eigenvalue weighted by Crippen LogP contribution is -2.44. The number of anilines is 1. The summed E-state index contributed by atoms with van der Waals surface area (Å²) in [6.07, 6.45) is 3.12. The van der Waals surface area contributed by atoms with Gasteiger partial charge in [-0.25, -0.2) is 0 Å². The zero-order valence-corrected chi connectivity index (χ0v) is 17.6. The number of hydrogen-bond acceptors (Lipinski definition) is 3. The van der Waals surface area contributed by atoms with Crippen molar-refractivity contribution < 1.29 is 9.59 Å². The number of carbonyl (C=O) groups excluding carboxylic acids is 2. The molecule has 6 heteroatoms. The van der Waals surface area contributed by atoms with Gasteiger partial charge in [-0.05, 0) is 49.9 Å². The molecule has 0 aromatic heterocycles. The molecule has 0 radical (unpaired) electrons. The van der Waals surface area contributed by atoms with Crippen molar-refractivity contribution in [3.63, 3.8) is 0 Å².